The molecule has 0 aliphatic rings. The summed E-state index contributed by atoms with van der Waals surface area (Å²) in [6.45, 7) is 0.913. The largest absolute Gasteiger partial charge is 0.508 e. The summed E-state index contributed by atoms with van der Waals surface area (Å²) in [7, 11) is 0. The van der Waals surface area contributed by atoms with Crippen molar-refractivity contribution in [2.45, 2.75) is 13.0 Å². The van der Waals surface area contributed by atoms with Gasteiger partial charge in [-0.1, -0.05) is 0 Å². The minimum Gasteiger partial charge on any atom is -0.508 e. The third kappa shape index (κ3) is 5.86. The second-order valence-electron chi connectivity index (χ2n) is 3.32. The van der Waals surface area contributed by atoms with Gasteiger partial charge in [0.25, 0.3) is 0 Å². The third-order valence-electron chi connectivity index (χ3n) is 1.86. The van der Waals surface area contributed by atoms with E-state index in [1.165, 1.54) is 18.2 Å². The lowest BCUT2D eigenvalue weighted by molar-refractivity contribution is 0.0450. The van der Waals surface area contributed by atoms with Crippen molar-refractivity contribution in [3.05, 3.63) is 29.3 Å². The second-order valence-corrected chi connectivity index (χ2v) is 3.32. The molecule has 0 bridgehead atoms. The molecule has 0 aliphatic heterocycles. The smallest absolute Gasteiger partial charge is 0.335 e. The Labute approximate surface area is 98.4 Å². The van der Waals surface area contributed by atoms with Gasteiger partial charge in [0.15, 0.2) is 0 Å². The lowest BCUT2D eigenvalue weighted by Crippen LogP contribution is -2.15. The fraction of sp³-hybridized carbons (Fsp3) is 0.364. The number of hydrogen-bond acceptors (Lipinski definition) is 5. The Hall–Kier alpha value is -1.63. The molecule has 0 fully saturated rings. The number of benzene rings is 1. The number of aliphatic hydroxyl groups is 3. The first kappa shape index (κ1) is 15.4. The molecule has 0 amide bonds. The van der Waals surface area contributed by atoms with Crippen LogP contribution >= 0.6 is 0 Å². The van der Waals surface area contributed by atoms with E-state index in [0.717, 1.165) is 0 Å². The summed E-state index contributed by atoms with van der Waals surface area (Å²) in [5.74, 6) is -0.880. The van der Waals surface area contributed by atoms with Crippen molar-refractivity contribution in [1.29, 1.82) is 0 Å². The Morgan fingerprint density at radius 3 is 2.12 bits per heavy atom. The van der Waals surface area contributed by atoms with Crippen molar-refractivity contribution in [3.8, 4) is 5.75 Å². The standard InChI is InChI=1S/C8H8O3.C3H8O3/c1-5-4-6(9)2-3-7(5)8(10)11;4-1-3(6)2-5/h2-4,9H,1H3,(H,10,11);3-6H,1-2H2. The average molecular weight is 244 g/mol. The molecule has 0 spiro atoms. The molecular formula is C11H16O6. The van der Waals surface area contributed by atoms with Gasteiger partial charge in [0.2, 0.25) is 0 Å². The molecule has 0 radical (unpaired) electrons. The monoisotopic (exact) mass is 244 g/mol. The van der Waals surface area contributed by atoms with Crippen molar-refractivity contribution in [2.75, 3.05) is 13.2 Å². The van der Waals surface area contributed by atoms with Gasteiger partial charge in [-0.3, -0.25) is 0 Å². The quantitative estimate of drug-likeness (QED) is 0.499. The van der Waals surface area contributed by atoms with Gasteiger partial charge >= 0.3 is 5.97 Å². The lowest BCUT2D eigenvalue weighted by Gasteiger charge is -1.99. The molecule has 17 heavy (non-hydrogen) atoms. The Kier molecular flexibility index (Phi) is 6.88. The van der Waals surface area contributed by atoms with Crippen LogP contribution in [0.3, 0.4) is 0 Å². The van der Waals surface area contributed by atoms with Crippen LogP contribution in [-0.4, -0.2) is 50.8 Å². The van der Waals surface area contributed by atoms with Crippen LogP contribution in [0.15, 0.2) is 18.2 Å². The SMILES string of the molecule is Cc1cc(O)ccc1C(=O)O.OCC(O)CO. The third-order valence-corrected chi connectivity index (χ3v) is 1.86. The number of hydrogen-bond donors (Lipinski definition) is 5. The second kappa shape index (κ2) is 7.61. The van der Waals surface area contributed by atoms with E-state index in [2.05, 4.69) is 0 Å². The molecule has 5 N–H and O–H groups in total. The topological polar surface area (TPSA) is 118 Å². The van der Waals surface area contributed by atoms with E-state index in [1.807, 2.05) is 0 Å². The number of carboxylic acids is 1. The maximum atomic E-state index is 10.5. The minimum atomic E-state index is -0.970. The zero-order chi connectivity index (χ0) is 13.4. The molecule has 6 nitrogen and oxygen atoms in total. The van der Waals surface area contributed by atoms with Crippen LogP contribution in [0.1, 0.15) is 15.9 Å². The molecule has 0 saturated heterocycles. The molecule has 0 heterocycles. The van der Waals surface area contributed by atoms with Crippen LogP contribution in [0.4, 0.5) is 0 Å². The van der Waals surface area contributed by atoms with Crippen LogP contribution in [0.2, 0.25) is 0 Å². The van der Waals surface area contributed by atoms with Gasteiger partial charge in [-0.15, -0.1) is 0 Å². The first-order valence-electron chi connectivity index (χ1n) is 4.85. The van der Waals surface area contributed by atoms with E-state index < -0.39 is 12.1 Å². The van der Waals surface area contributed by atoms with Crippen LogP contribution in [-0.2, 0) is 0 Å². The van der Waals surface area contributed by atoms with Crippen LogP contribution < -0.4 is 0 Å². The van der Waals surface area contributed by atoms with E-state index in [-0.39, 0.29) is 24.5 Å². The summed E-state index contributed by atoms with van der Waals surface area (Å²) in [6.07, 6.45) is -0.954. The number of aliphatic hydroxyl groups excluding tert-OH is 3. The van der Waals surface area contributed by atoms with Gasteiger partial charge in [0.1, 0.15) is 11.9 Å². The summed E-state index contributed by atoms with van der Waals surface area (Å²) in [5.41, 5.74) is 0.792. The van der Waals surface area contributed by atoms with Gasteiger partial charge in [0, 0.05) is 0 Å². The molecule has 1 aromatic rings. The molecule has 0 unspecified atom stereocenters. The van der Waals surface area contributed by atoms with E-state index >= 15 is 0 Å². The lowest BCUT2D eigenvalue weighted by atomic mass is 10.1. The van der Waals surface area contributed by atoms with Crippen molar-refractivity contribution >= 4 is 5.97 Å². The molecule has 0 aliphatic carbocycles. The first-order chi connectivity index (χ1) is 7.92. The van der Waals surface area contributed by atoms with Crippen molar-refractivity contribution in [3.63, 3.8) is 0 Å². The Balaban J connectivity index is 0.000000366. The van der Waals surface area contributed by atoms with Gasteiger partial charge in [-0.25, -0.2) is 4.79 Å². The Bertz CT molecular complexity index is 359. The molecule has 0 aromatic heterocycles. The van der Waals surface area contributed by atoms with E-state index in [0.29, 0.717) is 5.56 Å². The van der Waals surface area contributed by atoms with E-state index in [9.17, 15) is 4.79 Å². The Morgan fingerprint density at radius 1 is 1.29 bits per heavy atom. The highest BCUT2D eigenvalue weighted by Crippen LogP contribution is 2.14. The normalized spacial score (nSPS) is 9.71. The van der Waals surface area contributed by atoms with Crippen LogP contribution in [0.5, 0.6) is 5.75 Å². The van der Waals surface area contributed by atoms with Crippen molar-refractivity contribution in [2.24, 2.45) is 0 Å². The number of aromatic hydroxyl groups is 1. The number of rotatable bonds is 3. The van der Waals surface area contributed by atoms with Crippen LogP contribution in [0, 0.1) is 6.92 Å². The maximum Gasteiger partial charge on any atom is 0.335 e. The predicted octanol–water partition coefficient (Wildman–Crippen LogP) is -0.269. The summed E-state index contributed by atoms with van der Waals surface area (Å²) >= 11 is 0. The molecule has 1 rings (SSSR count). The highest BCUT2D eigenvalue weighted by Gasteiger charge is 2.05. The summed E-state index contributed by atoms with van der Waals surface area (Å²) in [4.78, 5) is 10.5. The van der Waals surface area contributed by atoms with E-state index in [1.54, 1.807) is 6.92 Å². The molecule has 96 valence electrons. The molecule has 0 saturated carbocycles. The summed E-state index contributed by atoms with van der Waals surface area (Å²) < 4.78 is 0. The van der Waals surface area contributed by atoms with Gasteiger partial charge in [-0.2, -0.15) is 0 Å². The van der Waals surface area contributed by atoms with Gasteiger partial charge in [-0.05, 0) is 30.7 Å². The fourth-order valence-electron chi connectivity index (χ4n) is 0.946. The summed E-state index contributed by atoms with van der Waals surface area (Å²) in [6, 6.07) is 4.16. The maximum absolute atomic E-state index is 10.5. The molecule has 1 aromatic carbocycles. The average Bonchev–Trinajstić information content (AvgIpc) is 2.28. The van der Waals surface area contributed by atoms with Crippen LogP contribution in [0.25, 0.3) is 0 Å². The van der Waals surface area contributed by atoms with Crippen molar-refractivity contribution < 1.29 is 30.3 Å². The van der Waals surface area contributed by atoms with Gasteiger partial charge in [0.05, 0.1) is 18.8 Å². The van der Waals surface area contributed by atoms with Gasteiger partial charge < -0.3 is 25.5 Å². The number of aryl methyl sites for hydroxylation is 1. The highest BCUT2D eigenvalue weighted by atomic mass is 16.4. The number of phenolic OH excluding ortho intramolecular Hbond substituents is 1. The number of carboxylic acid groups (broad SMARTS) is 1. The molecular weight excluding hydrogens is 228 g/mol. The molecule has 0 atom stereocenters. The fourth-order valence-corrected chi connectivity index (χ4v) is 0.946. The van der Waals surface area contributed by atoms with E-state index in [4.69, 9.17) is 25.5 Å². The predicted molar refractivity (Wildman–Crippen MR) is 60.0 cm³/mol. The first-order valence-corrected chi connectivity index (χ1v) is 4.85. The number of carbonyl (C=O) groups is 1. The summed E-state index contributed by atoms with van der Waals surface area (Å²) in [5, 5.41) is 41.5. The zero-order valence-corrected chi connectivity index (χ0v) is 9.37. The minimum absolute atomic E-state index is 0.0903. The number of phenols is 1. The Morgan fingerprint density at radius 2 is 1.82 bits per heavy atom. The van der Waals surface area contributed by atoms with Crippen molar-refractivity contribution in [1.82, 2.24) is 0 Å². The zero-order valence-electron chi connectivity index (χ0n) is 9.37. The highest BCUT2D eigenvalue weighted by molar-refractivity contribution is 5.89. The molecule has 6 heteroatoms. The number of aromatic carboxylic acids is 1.